The highest BCUT2D eigenvalue weighted by Gasteiger charge is 2.16. The van der Waals surface area contributed by atoms with E-state index in [1.54, 1.807) is 6.92 Å². The Balaban J connectivity index is 2.76. The van der Waals surface area contributed by atoms with Gasteiger partial charge in [0.1, 0.15) is 4.92 Å². The van der Waals surface area contributed by atoms with Crippen molar-refractivity contribution in [3.63, 3.8) is 0 Å². The van der Waals surface area contributed by atoms with Crippen molar-refractivity contribution in [3.8, 4) is 0 Å². The summed E-state index contributed by atoms with van der Waals surface area (Å²) in [6.45, 7) is 1.62. The molecule has 0 spiro atoms. The van der Waals surface area contributed by atoms with Crippen LogP contribution >= 0.6 is 0 Å². The third-order valence-corrected chi connectivity index (χ3v) is 1.29. The lowest BCUT2D eigenvalue weighted by Gasteiger charge is -1.92. The zero-order valence-electron chi connectivity index (χ0n) is 7.26. The Hall–Kier alpha value is -2.18. The number of nitro groups is 1. The van der Waals surface area contributed by atoms with Gasteiger partial charge in [0.2, 0.25) is 5.76 Å². The molecule has 7 nitrogen and oxygen atoms in total. The molecule has 1 heterocycles. The van der Waals surface area contributed by atoms with Gasteiger partial charge in [-0.05, 0) is 13.0 Å². The summed E-state index contributed by atoms with van der Waals surface area (Å²) in [4.78, 5) is 20.6. The van der Waals surface area contributed by atoms with E-state index in [1.165, 1.54) is 12.3 Å². The minimum Gasteiger partial charge on any atom is -0.395 e. The number of nitrogens with one attached hydrogen (secondary N) is 1. The first-order valence-electron chi connectivity index (χ1n) is 3.67. The van der Waals surface area contributed by atoms with Crippen LogP contribution in [0.2, 0.25) is 0 Å². The monoisotopic (exact) mass is 197 g/mol. The smallest absolute Gasteiger partial charge is 0.395 e. The van der Waals surface area contributed by atoms with Crippen molar-refractivity contribution in [2.45, 2.75) is 6.92 Å². The highest BCUT2D eigenvalue weighted by atomic mass is 16.6. The summed E-state index contributed by atoms with van der Waals surface area (Å²) in [6.07, 6.45) is 1.37. The minimum atomic E-state index is -0.722. The van der Waals surface area contributed by atoms with Crippen molar-refractivity contribution >= 4 is 18.0 Å². The Morgan fingerprint density at radius 1 is 1.71 bits per heavy atom. The molecular weight excluding hydrogens is 190 g/mol. The predicted octanol–water partition coefficient (Wildman–Crippen LogP) is 0.923. The number of rotatable bonds is 3. The van der Waals surface area contributed by atoms with E-state index in [0.717, 1.165) is 6.07 Å². The number of carbonyl (C=O) groups is 1. The first-order valence-corrected chi connectivity index (χ1v) is 3.67. The van der Waals surface area contributed by atoms with Crippen LogP contribution in [-0.4, -0.2) is 17.0 Å². The molecule has 1 amide bonds. The van der Waals surface area contributed by atoms with Gasteiger partial charge in [-0.2, -0.15) is 5.10 Å². The van der Waals surface area contributed by atoms with Crippen molar-refractivity contribution in [1.82, 2.24) is 5.43 Å². The number of hydrazone groups is 1. The van der Waals surface area contributed by atoms with Crippen LogP contribution in [0.25, 0.3) is 0 Å². The van der Waals surface area contributed by atoms with Gasteiger partial charge in [0.25, 0.3) is 0 Å². The first kappa shape index (κ1) is 9.90. The zero-order chi connectivity index (χ0) is 10.6. The Labute approximate surface area is 78.6 Å². The SMILES string of the molecule is C/C=N/NC(=O)c1ccc([N+](=O)[O-])o1. The molecule has 0 saturated heterocycles. The molecule has 1 aromatic rings. The topological polar surface area (TPSA) is 97.7 Å². The predicted molar refractivity (Wildman–Crippen MR) is 47.0 cm³/mol. The molecule has 0 unspecified atom stereocenters. The largest absolute Gasteiger partial charge is 0.433 e. The second-order valence-corrected chi connectivity index (χ2v) is 2.22. The second-order valence-electron chi connectivity index (χ2n) is 2.22. The average molecular weight is 197 g/mol. The van der Waals surface area contributed by atoms with E-state index in [0.29, 0.717) is 0 Å². The van der Waals surface area contributed by atoms with Gasteiger partial charge in [-0.15, -0.1) is 0 Å². The molecule has 1 rings (SSSR count). The third kappa shape index (κ3) is 2.16. The van der Waals surface area contributed by atoms with Crippen LogP contribution in [-0.2, 0) is 0 Å². The maximum atomic E-state index is 11.1. The van der Waals surface area contributed by atoms with E-state index < -0.39 is 16.7 Å². The quantitative estimate of drug-likeness (QED) is 0.442. The lowest BCUT2D eigenvalue weighted by atomic mass is 10.4. The second kappa shape index (κ2) is 4.17. The van der Waals surface area contributed by atoms with E-state index in [1.807, 2.05) is 0 Å². The van der Waals surface area contributed by atoms with Gasteiger partial charge in [0.15, 0.2) is 0 Å². The van der Waals surface area contributed by atoms with Gasteiger partial charge in [-0.25, -0.2) is 5.43 Å². The number of furan rings is 1. The maximum Gasteiger partial charge on any atom is 0.433 e. The molecule has 0 bridgehead atoms. The number of hydrogen-bond acceptors (Lipinski definition) is 5. The fourth-order valence-corrected chi connectivity index (χ4v) is 0.726. The molecule has 0 aliphatic heterocycles. The number of hydrogen-bond donors (Lipinski definition) is 1. The van der Waals surface area contributed by atoms with Gasteiger partial charge in [-0.1, -0.05) is 0 Å². The van der Waals surface area contributed by atoms with Crippen LogP contribution in [0, 0.1) is 10.1 Å². The molecule has 1 N–H and O–H groups in total. The third-order valence-electron chi connectivity index (χ3n) is 1.29. The molecule has 0 aliphatic carbocycles. The molecule has 14 heavy (non-hydrogen) atoms. The molecule has 0 aliphatic rings. The van der Waals surface area contributed by atoms with E-state index in [-0.39, 0.29) is 5.76 Å². The van der Waals surface area contributed by atoms with E-state index in [4.69, 9.17) is 0 Å². The molecule has 1 aromatic heterocycles. The molecule has 0 atom stereocenters. The van der Waals surface area contributed by atoms with Gasteiger partial charge < -0.3 is 4.42 Å². The van der Waals surface area contributed by atoms with Crippen molar-refractivity contribution in [2.75, 3.05) is 0 Å². The Morgan fingerprint density at radius 2 is 2.43 bits per heavy atom. The lowest BCUT2D eigenvalue weighted by Crippen LogP contribution is -2.16. The standard InChI is InChI=1S/C7H7N3O4/c1-2-8-9-7(11)5-3-4-6(14-5)10(12)13/h2-4H,1H3,(H,9,11)/b8-2+. The fraction of sp³-hybridized carbons (Fsp3) is 0.143. The number of amides is 1. The van der Waals surface area contributed by atoms with Crippen molar-refractivity contribution in [1.29, 1.82) is 0 Å². The van der Waals surface area contributed by atoms with Gasteiger partial charge >= 0.3 is 11.8 Å². The summed E-state index contributed by atoms with van der Waals surface area (Å²) < 4.78 is 4.62. The van der Waals surface area contributed by atoms with Crippen LogP contribution in [0.3, 0.4) is 0 Å². The van der Waals surface area contributed by atoms with Crippen molar-refractivity contribution in [3.05, 3.63) is 28.0 Å². The highest BCUT2D eigenvalue weighted by molar-refractivity contribution is 5.91. The zero-order valence-corrected chi connectivity index (χ0v) is 7.26. The van der Waals surface area contributed by atoms with Crippen molar-refractivity contribution in [2.24, 2.45) is 5.10 Å². The van der Waals surface area contributed by atoms with Crippen LogP contribution in [0.4, 0.5) is 5.88 Å². The molecule has 0 aromatic carbocycles. The summed E-state index contributed by atoms with van der Waals surface area (Å²) in [5.74, 6) is -1.26. The first-order chi connectivity index (χ1) is 6.65. The Bertz CT molecular complexity index is 382. The molecular formula is C7H7N3O4. The summed E-state index contributed by atoms with van der Waals surface area (Å²) in [5, 5.41) is 13.6. The van der Waals surface area contributed by atoms with E-state index in [2.05, 4.69) is 14.9 Å². The highest BCUT2D eigenvalue weighted by Crippen LogP contribution is 2.15. The van der Waals surface area contributed by atoms with Crippen LogP contribution < -0.4 is 5.43 Å². The average Bonchev–Trinajstić information content (AvgIpc) is 2.62. The number of carbonyl (C=O) groups excluding carboxylic acids is 1. The minimum absolute atomic E-state index is 0.151. The maximum absolute atomic E-state index is 11.1. The lowest BCUT2D eigenvalue weighted by molar-refractivity contribution is -0.402. The molecule has 74 valence electrons. The van der Waals surface area contributed by atoms with Crippen LogP contribution in [0.1, 0.15) is 17.5 Å². The van der Waals surface area contributed by atoms with Crippen LogP contribution in [0.5, 0.6) is 0 Å². The number of nitrogens with zero attached hydrogens (tertiary/aromatic N) is 2. The summed E-state index contributed by atoms with van der Waals surface area (Å²) in [7, 11) is 0. The normalized spacial score (nSPS) is 10.4. The van der Waals surface area contributed by atoms with Crippen molar-refractivity contribution < 1.29 is 14.1 Å². The van der Waals surface area contributed by atoms with Gasteiger partial charge in [0, 0.05) is 6.21 Å². The molecule has 7 heteroatoms. The summed E-state index contributed by atoms with van der Waals surface area (Å²) in [6, 6.07) is 2.31. The van der Waals surface area contributed by atoms with Gasteiger partial charge in [0.05, 0.1) is 6.07 Å². The van der Waals surface area contributed by atoms with E-state index >= 15 is 0 Å². The van der Waals surface area contributed by atoms with E-state index in [9.17, 15) is 14.9 Å². The molecule has 0 saturated carbocycles. The molecule has 0 radical (unpaired) electrons. The fourth-order valence-electron chi connectivity index (χ4n) is 0.726. The summed E-state index contributed by atoms with van der Waals surface area (Å²) >= 11 is 0. The molecule has 0 fully saturated rings. The Kier molecular flexibility index (Phi) is 2.95. The van der Waals surface area contributed by atoms with Crippen LogP contribution in [0.15, 0.2) is 21.7 Å². The summed E-state index contributed by atoms with van der Waals surface area (Å²) in [5.41, 5.74) is 2.12. The Morgan fingerprint density at radius 3 is 2.93 bits per heavy atom. The van der Waals surface area contributed by atoms with Gasteiger partial charge in [-0.3, -0.25) is 14.9 Å².